The van der Waals surface area contributed by atoms with Gasteiger partial charge in [0, 0.05) is 0 Å². The molecule has 3 aromatic rings. The maximum absolute atomic E-state index is 6.05. The van der Waals surface area contributed by atoms with Gasteiger partial charge in [0.15, 0.2) is 5.65 Å². The minimum atomic E-state index is 0.119. The molecule has 0 atom stereocenters. The van der Waals surface area contributed by atoms with E-state index in [0.29, 0.717) is 16.2 Å². The second kappa shape index (κ2) is 4.79. The summed E-state index contributed by atoms with van der Waals surface area (Å²) in [4.78, 5) is 8.14. The van der Waals surface area contributed by atoms with E-state index in [4.69, 9.17) is 23.2 Å². The Morgan fingerprint density at radius 2 is 1.95 bits per heavy atom. The lowest BCUT2D eigenvalue weighted by molar-refractivity contribution is 0.877. The molecule has 0 saturated heterocycles. The van der Waals surface area contributed by atoms with Gasteiger partial charge in [0.25, 0.3) is 0 Å². The lowest BCUT2D eigenvalue weighted by atomic mass is 10.1. The van der Waals surface area contributed by atoms with Gasteiger partial charge in [0.05, 0.1) is 17.3 Å². The van der Waals surface area contributed by atoms with E-state index < -0.39 is 0 Å². The zero-order valence-electron chi connectivity index (χ0n) is 10.1. The highest BCUT2D eigenvalue weighted by atomic mass is 35.5. The summed E-state index contributed by atoms with van der Waals surface area (Å²) in [7, 11) is 0. The number of fused-ring (bicyclic) bond motifs is 1. The molecule has 0 radical (unpaired) electrons. The van der Waals surface area contributed by atoms with E-state index in [1.54, 1.807) is 10.9 Å². The van der Waals surface area contributed by atoms with Crippen LogP contribution >= 0.6 is 23.2 Å². The normalized spacial score (nSPS) is 11.1. The third-order valence-corrected chi connectivity index (χ3v) is 3.41. The summed E-state index contributed by atoms with van der Waals surface area (Å²) in [6, 6.07) is 8.03. The first kappa shape index (κ1) is 12.4. The standard InChI is InChI=1S/C13H10Cl2N4/c1-2-8-5-3-4-6-10(8)19-12-9(7-16-19)11(14)17-13(15)18-12/h3-7H,2H2,1H3. The van der Waals surface area contributed by atoms with Crippen LogP contribution in [0.5, 0.6) is 0 Å². The summed E-state index contributed by atoms with van der Waals surface area (Å²) >= 11 is 11.9. The first-order valence-electron chi connectivity index (χ1n) is 5.85. The summed E-state index contributed by atoms with van der Waals surface area (Å²) in [5.41, 5.74) is 2.77. The fourth-order valence-electron chi connectivity index (χ4n) is 2.04. The topological polar surface area (TPSA) is 43.6 Å². The molecule has 0 N–H and O–H groups in total. The number of benzene rings is 1. The molecule has 0 aliphatic carbocycles. The Kier molecular flexibility index (Phi) is 3.12. The summed E-state index contributed by atoms with van der Waals surface area (Å²) < 4.78 is 1.74. The van der Waals surface area contributed by atoms with Crippen molar-refractivity contribution in [2.45, 2.75) is 13.3 Å². The van der Waals surface area contributed by atoms with Crippen LogP contribution < -0.4 is 0 Å². The molecule has 4 nitrogen and oxygen atoms in total. The van der Waals surface area contributed by atoms with Gasteiger partial charge in [0.2, 0.25) is 5.28 Å². The van der Waals surface area contributed by atoms with Crippen molar-refractivity contribution in [3.05, 3.63) is 46.5 Å². The van der Waals surface area contributed by atoms with Crippen molar-refractivity contribution < 1.29 is 0 Å². The molecular formula is C13H10Cl2N4. The molecule has 19 heavy (non-hydrogen) atoms. The average molecular weight is 293 g/mol. The zero-order valence-corrected chi connectivity index (χ0v) is 11.7. The van der Waals surface area contributed by atoms with Crippen LogP contribution in [0.25, 0.3) is 16.7 Å². The first-order chi connectivity index (χ1) is 9.20. The van der Waals surface area contributed by atoms with E-state index in [-0.39, 0.29) is 5.28 Å². The number of rotatable bonds is 2. The molecule has 96 valence electrons. The van der Waals surface area contributed by atoms with Crippen LogP contribution in [-0.4, -0.2) is 19.7 Å². The molecule has 0 amide bonds. The summed E-state index contributed by atoms with van der Waals surface area (Å²) in [5, 5.41) is 5.47. The molecule has 0 spiro atoms. The van der Waals surface area contributed by atoms with Gasteiger partial charge in [-0.15, -0.1) is 0 Å². The highest BCUT2D eigenvalue weighted by molar-refractivity contribution is 6.35. The molecular weight excluding hydrogens is 283 g/mol. The lowest BCUT2D eigenvalue weighted by Gasteiger charge is -2.08. The Morgan fingerprint density at radius 3 is 2.74 bits per heavy atom. The summed E-state index contributed by atoms with van der Waals surface area (Å²) in [5.74, 6) is 0. The number of halogens is 2. The van der Waals surface area contributed by atoms with E-state index in [1.807, 2.05) is 18.2 Å². The maximum atomic E-state index is 6.05. The fourth-order valence-corrected chi connectivity index (χ4v) is 2.46. The molecule has 2 aromatic heterocycles. The van der Waals surface area contributed by atoms with Gasteiger partial charge in [0.1, 0.15) is 5.15 Å². The van der Waals surface area contributed by atoms with Gasteiger partial charge in [-0.3, -0.25) is 0 Å². The van der Waals surface area contributed by atoms with Gasteiger partial charge < -0.3 is 0 Å². The third-order valence-electron chi connectivity index (χ3n) is 2.96. The van der Waals surface area contributed by atoms with Gasteiger partial charge >= 0.3 is 0 Å². The van der Waals surface area contributed by atoms with Gasteiger partial charge in [-0.1, -0.05) is 36.7 Å². The van der Waals surface area contributed by atoms with E-state index in [1.165, 1.54) is 5.56 Å². The van der Waals surface area contributed by atoms with Gasteiger partial charge in [-0.25, -0.2) is 9.67 Å². The lowest BCUT2D eigenvalue weighted by Crippen LogP contribution is -2.02. The zero-order chi connectivity index (χ0) is 13.4. The molecule has 6 heteroatoms. The second-order valence-corrected chi connectivity index (χ2v) is 4.76. The van der Waals surface area contributed by atoms with Crippen molar-refractivity contribution in [1.82, 2.24) is 19.7 Å². The Bertz CT molecular complexity index is 751. The molecule has 0 aliphatic heterocycles. The van der Waals surface area contributed by atoms with Crippen molar-refractivity contribution in [1.29, 1.82) is 0 Å². The highest BCUT2D eigenvalue weighted by Crippen LogP contribution is 2.25. The smallest absolute Gasteiger partial charge is 0.214 e. The molecule has 0 fully saturated rings. The average Bonchev–Trinajstić information content (AvgIpc) is 2.82. The van der Waals surface area contributed by atoms with Crippen molar-refractivity contribution in [3.63, 3.8) is 0 Å². The Hall–Kier alpha value is -1.65. The monoisotopic (exact) mass is 292 g/mol. The summed E-state index contributed by atoms with van der Waals surface area (Å²) in [6.07, 6.45) is 2.56. The Balaban J connectivity index is 2.31. The number of aromatic nitrogens is 4. The third kappa shape index (κ3) is 2.07. The summed E-state index contributed by atoms with van der Waals surface area (Å²) in [6.45, 7) is 2.10. The van der Waals surface area contributed by atoms with Gasteiger partial charge in [-0.2, -0.15) is 10.1 Å². The number of hydrogen-bond donors (Lipinski definition) is 0. The maximum Gasteiger partial charge on any atom is 0.225 e. The largest absolute Gasteiger partial charge is 0.225 e. The van der Waals surface area contributed by atoms with E-state index in [9.17, 15) is 0 Å². The number of hydrogen-bond acceptors (Lipinski definition) is 3. The van der Waals surface area contributed by atoms with E-state index in [2.05, 4.69) is 28.1 Å². The van der Waals surface area contributed by atoms with E-state index in [0.717, 1.165) is 12.1 Å². The van der Waals surface area contributed by atoms with Crippen LogP contribution in [0, 0.1) is 0 Å². The van der Waals surface area contributed by atoms with Crippen molar-refractivity contribution >= 4 is 34.2 Å². The van der Waals surface area contributed by atoms with Crippen LogP contribution in [0.1, 0.15) is 12.5 Å². The van der Waals surface area contributed by atoms with Crippen LogP contribution in [0.4, 0.5) is 0 Å². The van der Waals surface area contributed by atoms with Crippen molar-refractivity contribution in [3.8, 4) is 5.69 Å². The van der Waals surface area contributed by atoms with E-state index >= 15 is 0 Å². The number of nitrogens with zero attached hydrogens (tertiary/aromatic N) is 4. The molecule has 2 heterocycles. The van der Waals surface area contributed by atoms with Crippen LogP contribution in [-0.2, 0) is 6.42 Å². The molecule has 1 aromatic carbocycles. The quantitative estimate of drug-likeness (QED) is 0.534. The molecule has 0 unspecified atom stereocenters. The van der Waals surface area contributed by atoms with Gasteiger partial charge in [-0.05, 0) is 29.7 Å². The van der Waals surface area contributed by atoms with Crippen molar-refractivity contribution in [2.75, 3.05) is 0 Å². The fraction of sp³-hybridized carbons (Fsp3) is 0.154. The highest BCUT2D eigenvalue weighted by Gasteiger charge is 2.13. The minimum Gasteiger partial charge on any atom is -0.214 e. The van der Waals surface area contributed by atoms with Crippen LogP contribution in [0.2, 0.25) is 10.4 Å². The number of aryl methyl sites for hydroxylation is 1. The molecule has 0 bridgehead atoms. The van der Waals surface area contributed by atoms with Crippen LogP contribution in [0.15, 0.2) is 30.5 Å². The predicted octanol–water partition coefficient (Wildman–Crippen LogP) is 3.68. The van der Waals surface area contributed by atoms with Crippen LogP contribution in [0.3, 0.4) is 0 Å². The predicted molar refractivity (Wildman–Crippen MR) is 76.1 cm³/mol. The Morgan fingerprint density at radius 1 is 1.16 bits per heavy atom. The molecule has 0 aliphatic rings. The first-order valence-corrected chi connectivity index (χ1v) is 6.61. The second-order valence-electron chi connectivity index (χ2n) is 4.06. The minimum absolute atomic E-state index is 0.119. The molecule has 0 saturated carbocycles. The SMILES string of the molecule is CCc1ccccc1-n1ncc2c(Cl)nc(Cl)nc21. The van der Waals surface area contributed by atoms with Crippen molar-refractivity contribution in [2.24, 2.45) is 0 Å². The molecule has 3 rings (SSSR count). The number of para-hydroxylation sites is 1. The Labute approximate surface area is 120 Å².